The van der Waals surface area contributed by atoms with Gasteiger partial charge in [0.2, 0.25) is 0 Å². The van der Waals surface area contributed by atoms with Crippen molar-refractivity contribution in [2.45, 2.75) is 32.9 Å². The van der Waals surface area contributed by atoms with Gasteiger partial charge in [0, 0.05) is 24.1 Å². The summed E-state index contributed by atoms with van der Waals surface area (Å²) >= 11 is 0. The third-order valence-electron chi connectivity index (χ3n) is 2.91. The molecular weight excluding hydrogens is 300 g/mol. The Kier molecular flexibility index (Phi) is 4.90. The molecule has 0 atom stereocenters. The number of carbonyl (C=O) groups excluding carboxylic acids is 1. The molecule has 0 unspecified atom stereocenters. The van der Waals surface area contributed by atoms with E-state index in [1.165, 1.54) is 13.2 Å². The molecule has 7 nitrogen and oxygen atoms in total. The highest BCUT2D eigenvalue weighted by Gasteiger charge is 2.15. The van der Waals surface area contributed by atoms with Gasteiger partial charge in [0.05, 0.1) is 7.11 Å². The lowest BCUT2D eigenvalue weighted by atomic mass is 10.1. The van der Waals surface area contributed by atoms with Crippen molar-refractivity contribution >= 4 is 17.1 Å². The van der Waals surface area contributed by atoms with Gasteiger partial charge in [-0.1, -0.05) is 0 Å². The first-order valence-electron chi connectivity index (χ1n) is 7.11. The van der Waals surface area contributed by atoms with Crippen LogP contribution in [0.15, 0.2) is 33.5 Å². The van der Waals surface area contributed by atoms with Crippen molar-refractivity contribution in [1.82, 2.24) is 10.9 Å². The average molecular weight is 320 g/mol. The molecule has 2 rings (SSSR count). The van der Waals surface area contributed by atoms with E-state index in [1.807, 2.05) is 0 Å². The third kappa shape index (κ3) is 4.72. The second kappa shape index (κ2) is 6.70. The van der Waals surface area contributed by atoms with Crippen LogP contribution in [0.1, 0.15) is 26.3 Å². The summed E-state index contributed by atoms with van der Waals surface area (Å²) in [5, 5.41) is 0.754. The molecule has 0 bridgehead atoms. The molecule has 1 aromatic carbocycles. The summed E-state index contributed by atoms with van der Waals surface area (Å²) in [7, 11) is 1.54. The second-order valence-electron chi connectivity index (χ2n) is 5.93. The van der Waals surface area contributed by atoms with Crippen molar-refractivity contribution < 1.29 is 18.7 Å². The largest absolute Gasteiger partial charge is 0.497 e. The van der Waals surface area contributed by atoms with E-state index >= 15 is 0 Å². The lowest BCUT2D eigenvalue weighted by Gasteiger charge is -2.19. The van der Waals surface area contributed by atoms with Gasteiger partial charge in [-0.2, -0.15) is 0 Å². The molecule has 0 fully saturated rings. The van der Waals surface area contributed by atoms with Crippen molar-refractivity contribution in [2.75, 3.05) is 7.11 Å². The summed E-state index contributed by atoms with van der Waals surface area (Å²) in [6.45, 7) is 5.56. The van der Waals surface area contributed by atoms with Crippen LogP contribution >= 0.6 is 0 Å². The molecule has 7 heteroatoms. The zero-order valence-electron chi connectivity index (χ0n) is 13.6. The molecule has 1 aromatic heterocycles. The van der Waals surface area contributed by atoms with Crippen LogP contribution in [-0.2, 0) is 11.3 Å². The molecule has 0 radical (unpaired) electrons. The predicted molar refractivity (Wildman–Crippen MR) is 85.2 cm³/mol. The molecule has 0 aliphatic heterocycles. The summed E-state index contributed by atoms with van der Waals surface area (Å²) in [5.74, 6) is 0.595. The van der Waals surface area contributed by atoms with E-state index in [4.69, 9.17) is 13.9 Å². The van der Waals surface area contributed by atoms with Crippen molar-refractivity contribution in [3.8, 4) is 5.75 Å². The highest BCUT2D eigenvalue weighted by molar-refractivity contribution is 5.81. The molecule has 1 heterocycles. The molecular formula is C16H20N2O5. The van der Waals surface area contributed by atoms with Gasteiger partial charge in [-0.05, 0) is 38.5 Å². The van der Waals surface area contributed by atoms with Crippen LogP contribution in [0, 0.1) is 0 Å². The first-order chi connectivity index (χ1) is 10.8. The van der Waals surface area contributed by atoms with E-state index in [0.717, 1.165) is 5.39 Å². The van der Waals surface area contributed by atoms with Gasteiger partial charge in [-0.25, -0.2) is 15.0 Å². The molecule has 0 spiro atoms. The van der Waals surface area contributed by atoms with E-state index < -0.39 is 17.3 Å². The molecule has 0 aliphatic carbocycles. The fourth-order valence-electron chi connectivity index (χ4n) is 2.00. The first kappa shape index (κ1) is 16.8. The zero-order chi connectivity index (χ0) is 17.0. The summed E-state index contributed by atoms with van der Waals surface area (Å²) in [5.41, 5.74) is 5.22. The molecule has 124 valence electrons. The average Bonchev–Trinajstić information content (AvgIpc) is 2.44. The third-order valence-corrected chi connectivity index (χ3v) is 2.91. The number of hydrogen-bond donors (Lipinski definition) is 2. The quantitative estimate of drug-likeness (QED) is 0.664. The van der Waals surface area contributed by atoms with Gasteiger partial charge in [-0.15, -0.1) is 0 Å². The van der Waals surface area contributed by atoms with Crippen molar-refractivity contribution in [2.24, 2.45) is 0 Å². The number of amides is 1. The fraction of sp³-hybridized carbons (Fsp3) is 0.375. The van der Waals surface area contributed by atoms with Crippen molar-refractivity contribution in [3.05, 3.63) is 40.2 Å². The van der Waals surface area contributed by atoms with Crippen molar-refractivity contribution in [3.63, 3.8) is 0 Å². The molecule has 0 saturated carbocycles. The Morgan fingerprint density at radius 1 is 1.26 bits per heavy atom. The molecule has 2 N–H and O–H groups in total. The first-order valence-corrected chi connectivity index (χ1v) is 7.11. The van der Waals surface area contributed by atoms with E-state index in [2.05, 4.69) is 10.9 Å². The summed E-state index contributed by atoms with van der Waals surface area (Å²) in [6.07, 6.45) is -0.591. The van der Waals surface area contributed by atoms with Crippen LogP contribution in [0.3, 0.4) is 0 Å². The highest BCUT2D eigenvalue weighted by Crippen LogP contribution is 2.22. The molecule has 1 amide bonds. The minimum atomic E-state index is -0.591. The Labute approximate surface area is 133 Å². The van der Waals surface area contributed by atoms with Gasteiger partial charge >= 0.3 is 11.7 Å². The Morgan fingerprint density at radius 3 is 2.65 bits per heavy atom. The lowest BCUT2D eigenvalue weighted by Crippen LogP contribution is -2.40. The lowest BCUT2D eigenvalue weighted by molar-refractivity contribution is 0.0497. The summed E-state index contributed by atoms with van der Waals surface area (Å²) < 4.78 is 15.4. The number of nitrogens with one attached hydrogen (secondary N) is 2. The number of methoxy groups -OCH3 is 1. The van der Waals surface area contributed by atoms with Gasteiger partial charge in [-0.3, -0.25) is 5.43 Å². The Balaban J connectivity index is 2.11. The topological polar surface area (TPSA) is 89.8 Å². The van der Waals surface area contributed by atoms with Gasteiger partial charge < -0.3 is 13.9 Å². The normalized spacial score (nSPS) is 11.3. The fourth-order valence-corrected chi connectivity index (χ4v) is 2.00. The van der Waals surface area contributed by atoms with Gasteiger partial charge in [0.25, 0.3) is 0 Å². The van der Waals surface area contributed by atoms with Crippen molar-refractivity contribution in [1.29, 1.82) is 0 Å². The number of hydrogen-bond acceptors (Lipinski definition) is 6. The number of fused-ring (bicyclic) bond motifs is 1. The Bertz CT molecular complexity index is 761. The summed E-state index contributed by atoms with van der Waals surface area (Å²) in [4.78, 5) is 23.2. The zero-order valence-corrected chi connectivity index (χ0v) is 13.6. The highest BCUT2D eigenvalue weighted by atomic mass is 16.6. The second-order valence-corrected chi connectivity index (χ2v) is 5.93. The predicted octanol–water partition coefficient (Wildman–Crippen LogP) is 2.33. The maximum absolute atomic E-state index is 11.6. The van der Waals surface area contributed by atoms with Crippen LogP contribution < -0.4 is 21.2 Å². The van der Waals surface area contributed by atoms with Crippen LogP contribution in [-0.4, -0.2) is 18.8 Å². The van der Waals surface area contributed by atoms with E-state index in [0.29, 0.717) is 16.9 Å². The minimum absolute atomic E-state index is 0.244. The number of hydrazine groups is 1. The van der Waals surface area contributed by atoms with E-state index in [9.17, 15) is 9.59 Å². The molecule has 0 aliphatic rings. The van der Waals surface area contributed by atoms with E-state index in [-0.39, 0.29) is 6.54 Å². The van der Waals surface area contributed by atoms with Crippen LogP contribution in [0.4, 0.5) is 4.79 Å². The van der Waals surface area contributed by atoms with Gasteiger partial charge in [0.15, 0.2) is 0 Å². The Morgan fingerprint density at radius 2 is 2.00 bits per heavy atom. The monoisotopic (exact) mass is 320 g/mol. The SMILES string of the molecule is COc1ccc2c(CNNC(=O)OC(C)(C)C)cc(=O)oc2c1. The van der Waals surface area contributed by atoms with Gasteiger partial charge in [0.1, 0.15) is 16.9 Å². The molecule has 2 aromatic rings. The summed E-state index contributed by atoms with van der Waals surface area (Å²) in [6, 6.07) is 6.58. The maximum Gasteiger partial charge on any atom is 0.422 e. The Hall–Kier alpha value is -2.54. The van der Waals surface area contributed by atoms with Crippen LogP contribution in [0.5, 0.6) is 5.75 Å². The molecule has 23 heavy (non-hydrogen) atoms. The number of rotatable bonds is 4. The number of ether oxygens (including phenoxy) is 2. The standard InChI is InChI=1S/C16H20N2O5/c1-16(2,3)23-15(20)18-17-9-10-7-14(19)22-13-8-11(21-4)5-6-12(10)13/h5-8,17H,9H2,1-4H3,(H,18,20). The maximum atomic E-state index is 11.6. The molecule has 0 saturated heterocycles. The smallest absolute Gasteiger partial charge is 0.422 e. The number of carbonyl (C=O) groups is 1. The van der Waals surface area contributed by atoms with Crippen LogP contribution in [0.25, 0.3) is 11.0 Å². The van der Waals surface area contributed by atoms with Crippen LogP contribution in [0.2, 0.25) is 0 Å². The number of benzene rings is 1. The van der Waals surface area contributed by atoms with E-state index in [1.54, 1.807) is 39.0 Å². The minimum Gasteiger partial charge on any atom is -0.497 e.